The fourth-order valence-corrected chi connectivity index (χ4v) is 1.71. The number of hydrogen-bond donors (Lipinski definition) is 1. The van der Waals surface area contributed by atoms with E-state index >= 15 is 0 Å². The molecule has 0 radical (unpaired) electrons. The van der Waals surface area contributed by atoms with Gasteiger partial charge in [-0.25, -0.2) is 9.97 Å². The number of nitrogens with one attached hydrogen (secondary N) is 1. The molecule has 0 spiro atoms. The molecule has 0 aliphatic carbocycles. The molecule has 0 amide bonds. The average molecular weight is 227 g/mol. The van der Waals surface area contributed by atoms with Gasteiger partial charge in [0, 0.05) is 18.2 Å². The van der Waals surface area contributed by atoms with Crippen LogP contribution in [0.1, 0.15) is 12.2 Å². The third-order valence-corrected chi connectivity index (χ3v) is 2.60. The minimum Gasteiger partial charge on any atom is -0.320 e. The van der Waals surface area contributed by atoms with Gasteiger partial charge < -0.3 is 5.32 Å². The molecule has 17 heavy (non-hydrogen) atoms. The zero-order chi connectivity index (χ0) is 11.9. The van der Waals surface area contributed by atoms with E-state index in [9.17, 15) is 0 Å². The monoisotopic (exact) mass is 227 g/mol. The molecule has 1 aromatic heterocycles. The summed E-state index contributed by atoms with van der Waals surface area (Å²) in [7, 11) is 1.96. The molecule has 3 nitrogen and oxygen atoms in total. The van der Waals surface area contributed by atoms with Crippen LogP contribution in [0.3, 0.4) is 0 Å². The molecule has 0 saturated carbocycles. The molecule has 2 aromatic rings. The molecule has 0 unspecified atom stereocenters. The normalized spacial score (nSPS) is 10.4. The first kappa shape index (κ1) is 11.7. The van der Waals surface area contributed by atoms with Crippen molar-refractivity contribution in [2.45, 2.75) is 12.8 Å². The second-order valence-electron chi connectivity index (χ2n) is 3.93. The molecule has 2 rings (SSSR count). The smallest absolute Gasteiger partial charge is 0.128 e. The Morgan fingerprint density at radius 1 is 1.12 bits per heavy atom. The third kappa shape index (κ3) is 3.36. The molecule has 0 aliphatic heterocycles. The highest BCUT2D eigenvalue weighted by Crippen LogP contribution is 2.15. The van der Waals surface area contributed by atoms with Crippen LogP contribution >= 0.6 is 0 Å². The Balaban J connectivity index is 2.12. The fourth-order valence-electron chi connectivity index (χ4n) is 1.71. The van der Waals surface area contributed by atoms with E-state index < -0.39 is 0 Å². The van der Waals surface area contributed by atoms with Crippen LogP contribution in [0, 0.1) is 0 Å². The lowest BCUT2D eigenvalue weighted by Crippen LogP contribution is -2.09. The molecule has 1 heterocycles. The predicted octanol–water partition coefficient (Wildman–Crippen LogP) is 2.30. The maximum absolute atomic E-state index is 4.58. The number of rotatable bonds is 5. The van der Waals surface area contributed by atoms with Crippen molar-refractivity contribution in [3.05, 3.63) is 48.4 Å². The second-order valence-corrected chi connectivity index (χ2v) is 3.93. The minimum absolute atomic E-state index is 0.918. The quantitative estimate of drug-likeness (QED) is 0.796. The fraction of sp³-hybridized carbons (Fsp3) is 0.286. The van der Waals surface area contributed by atoms with Gasteiger partial charge in [0.15, 0.2) is 0 Å². The maximum Gasteiger partial charge on any atom is 0.128 e. The lowest BCUT2D eigenvalue weighted by atomic mass is 10.1. The number of aromatic nitrogens is 2. The lowest BCUT2D eigenvalue weighted by molar-refractivity contribution is 0.703. The number of aryl methyl sites for hydroxylation is 1. The van der Waals surface area contributed by atoms with Crippen molar-refractivity contribution in [1.29, 1.82) is 0 Å². The topological polar surface area (TPSA) is 37.8 Å². The highest BCUT2D eigenvalue weighted by Gasteiger charge is 2.01. The van der Waals surface area contributed by atoms with Crippen LogP contribution in [0.25, 0.3) is 11.3 Å². The van der Waals surface area contributed by atoms with Gasteiger partial charge in [-0.3, -0.25) is 0 Å². The summed E-state index contributed by atoms with van der Waals surface area (Å²) in [6.45, 7) is 0.999. The summed E-state index contributed by atoms with van der Waals surface area (Å²) < 4.78 is 0. The van der Waals surface area contributed by atoms with Crippen molar-refractivity contribution in [2.24, 2.45) is 0 Å². The van der Waals surface area contributed by atoms with Crippen LogP contribution in [-0.4, -0.2) is 23.6 Å². The highest BCUT2D eigenvalue weighted by molar-refractivity contribution is 5.58. The molecule has 1 N–H and O–H groups in total. The van der Waals surface area contributed by atoms with Gasteiger partial charge in [0.2, 0.25) is 0 Å². The first-order valence-electron chi connectivity index (χ1n) is 5.92. The van der Waals surface area contributed by atoms with Gasteiger partial charge in [-0.15, -0.1) is 0 Å². The molecule has 1 aromatic carbocycles. The first-order chi connectivity index (χ1) is 8.40. The molecule has 0 fully saturated rings. The van der Waals surface area contributed by atoms with E-state index in [0.717, 1.165) is 36.5 Å². The van der Waals surface area contributed by atoms with Crippen LogP contribution in [0.5, 0.6) is 0 Å². The molecule has 0 saturated heterocycles. The van der Waals surface area contributed by atoms with Crippen LogP contribution in [0.2, 0.25) is 0 Å². The molecule has 0 atom stereocenters. The Kier molecular flexibility index (Phi) is 4.22. The summed E-state index contributed by atoms with van der Waals surface area (Å²) in [6, 6.07) is 12.2. The highest BCUT2D eigenvalue weighted by atomic mass is 14.9. The summed E-state index contributed by atoms with van der Waals surface area (Å²) in [5.41, 5.74) is 2.14. The average Bonchev–Trinajstić information content (AvgIpc) is 2.41. The Morgan fingerprint density at radius 2 is 1.94 bits per heavy atom. The Morgan fingerprint density at radius 3 is 2.71 bits per heavy atom. The van der Waals surface area contributed by atoms with Crippen molar-refractivity contribution >= 4 is 0 Å². The van der Waals surface area contributed by atoms with Gasteiger partial charge in [0.25, 0.3) is 0 Å². The summed E-state index contributed by atoms with van der Waals surface area (Å²) in [6.07, 6.45) is 3.82. The van der Waals surface area contributed by atoms with Crippen molar-refractivity contribution in [2.75, 3.05) is 13.6 Å². The van der Waals surface area contributed by atoms with E-state index in [4.69, 9.17) is 0 Å². The molecule has 0 aliphatic rings. The van der Waals surface area contributed by atoms with E-state index in [-0.39, 0.29) is 0 Å². The minimum atomic E-state index is 0.918. The maximum atomic E-state index is 4.58. The van der Waals surface area contributed by atoms with Crippen LogP contribution < -0.4 is 5.32 Å². The summed E-state index contributed by atoms with van der Waals surface area (Å²) in [5, 5.41) is 3.13. The van der Waals surface area contributed by atoms with Gasteiger partial charge in [0.1, 0.15) is 5.82 Å². The predicted molar refractivity (Wildman–Crippen MR) is 69.7 cm³/mol. The third-order valence-electron chi connectivity index (χ3n) is 2.60. The number of nitrogens with zero attached hydrogens (tertiary/aromatic N) is 2. The van der Waals surface area contributed by atoms with Crippen LogP contribution in [0.15, 0.2) is 42.6 Å². The second kappa shape index (κ2) is 6.11. The molecule has 0 bridgehead atoms. The first-order valence-corrected chi connectivity index (χ1v) is 5.92. The van der Waals surface area contributed by atoms with Gasteiger partial charge >= 0.3 is 0 Å². The molecular weight excluding hydrogens is 210 g/mol. The van der Waals surface area contributed by atoms with E-state index in [1.54, 1.807) is 0 Å². The number of hydrogen-bond acceptors (Lipinski definition) is 3. The Bertz CT molecular complexity index is 454. The van der Waals surface area contributed by atoms with Crippen molar-refractivity contribution in [3.63, 3.8) is 0 Å². The molecule has 88 valence electrons. The zero-order valence-electron chi connectivity index (χ0n) is 10.1. The van der Waals surface area contributed by atoms with Crippen LogP contribution in [0.4, 0.5) is 0 Å². The van der Waals surface area contributed by atoms with E-state index in [1.165, 1.54) is 0 Å². The van der Waals surface area contributed by atoms with Gasteiger partial charge in [-0.1, -0.05) is 30.3 Å². The van der Waals surface area contributed by atoms with Gasteiger partial charge in [-0.05, 0) is 26.1 Å². The van der Waals surface area contributed by atoms with Crippen molar-refractivity contribution in [3.8, 4) is 11.3 Å². The van der Waals surface area contributed by atoms with Gasteiger partial charge in [-0.2, -0.15) is 0 Å². The van der Waals surface area contributed by atoms with Gasteiger partial charge in [0.05, 0.1) is 5.69 Å². The Hall–Kier alpha value is -1.74. The number of benzene rings is 1. The summed E-state index contributed by atoms with van der Waals surface area (Å²) >= 11 is 0. The van der Waals surface area contributed by atoms with Crippen LogP contribution in [-0.2, 0) is 6.42 Å². The molecule has 3 heteroatoms. The van der Waals surface area contributed by atoms with E-state index in [2.05, 4.69) is 27.4 Å². The van der Waals surface area contributed by atoms with Crippen molar-refractivity contribution in [1.82, 2.24) is 15.3 Å². The zero-order valence-corrected chi connectivity index (χ0v) is 10.1. The van der Waals surface area contributed by atoms with E-state index in [1.807, 2.05) is 37.5 Å². The standard InChI is InChI=1S/C14H17N3/c1-15-10-5-8-14-16-11-9-13(17-14)12-6-3-2-4-7-12/h2-4,6-7,9,11,15H,5,8,10H2,1H3. The molecular formula is C14H17N3. The van der Waals surface area contributed by atoms with Crippen molar-refractivity contribution < 1.29 is 0 Å². The van der Waals surface area contributed by atoms with E-state index in [0.29, 0.717) is 0 Å². The summed E-state index contributed by atoms with van der Waals surface area (Å²) in [5.74, 6) is 0.918. The Labute approximate surface area is 102 Å². The largest absolute Gasteiger partial charge is 0.320 e. The lowest BCUT2D eigenvalue weighted by Gasteiger charge is -2.03. The SMILES string of the molecule is CNCCCc1nccc(-c2ccccc2)n1. The summed E-state index contributed by atoms with van der Waals surface area (Å²) in [4.78, 5) is 8.87.